The van der Waals surface area contributed by atoms with E-state index in [1.165, 1.54) is 27.8 Å². The topological polar surface area (TPSA) is 0 Å². The Morgan fingerprint density at radius 1 is 0.864 bits per heavy atom. The molecule has 0 aromatic heterocycles. The SMILES string of the molecule is CC=C(C)c1ccc(C(C)(C)c2ccc(C(C)C)cc2)cc1. The van der Waals surface area contributed by atoms with Crippen LogP contribution in [0.25, 0.3) is 5.57 Å². The average Bonchev–Trinajstić information content (AvgIpc) is 2.54. The van der Waals surface area contributed by atoms with Crippen LogP contribution in [0.1, 0.15) is 69.7 Å². The van der Waals surface area contributed by atoms with Crippen LogP contribution in [-0.4, -0.2) is 0 Å². The Bertz CT molecular complexity index is 637. The molecule has 0 nitrogen and oxygen atoms in total. The van der Waals surface area contributed by atoms with E-state index >= 15 is 0 Å². The minimum absolute atomic E-state index is 0.0257. The van der Waals surface area contributed by atoms with Crippen LogP contribution in [0.4, 0.5) is 0 Å². The van der Waals surface area contributed by atoms with E-state index in [1.807, 2.05) is 0 Å². The molecule has 0 unspecified atom stereocenters. The molecule has 0 N–H and O–H groups in total. The molecule has 0 aliphatic carbocycles. The molecule has 0 heterocycles. The predicted octanol–water partition coefficient (Wildman–Crippen LogP) is 6.56. The summed E-state index contributed by atoms with van der Waals surface area (Å²) in [5.41, 5.74) is 6.78. The summed E-state index contributed by atoms with van der Waals surface area (Å²) in [6.07, 6.45) is 2.16. The van der Waals surface area contributed by atoms with Gasteiger partial charge in [0.1, 0.15) is 0 Å². The van der Waals surface area contributed by atoms with Gasteiger partial charge in [-0.3, -0.25) is 0 Å². The third kappa shape index (κ3) is 3.32. The smallest absolute Gasteiger partial charge is 0.0146 e. The van der Waals surface area contributed by atoms with Crippen LogP contribution in [0, 0.1) is 0 Å². The Hall–Kier alpha value is -1.82. The fourth-order valence-electron chi connectivity index (χ4n) is 2.77. The van der Waals surface area contributed by atoms with E-state index in [1.54, 1.807) is 0 Å². The number of allylic oxidation sites excluding steroid dienone is 2. The highest BCUT2D eigenvalue weighted by atomic mass is 14.3. The molecule has 0 saturated carbocycles. The first-order valence-electron chi connectivity index (χ1n) is 8.20. The second kappa shape index (κ2) is 6.52. The quantitative estimate of drug-likeness (QED) is 0.598. The maximum atomic E-state index is 2.30. The largest absolute Gasteiger partial charge is 0.0841 e. The number of hydrogen-bond donors (Lipinski definition) is 0. The van der Waals surface area contributed by atoms with Gasteiger partial charge in [-0.25, -0.2) is 0 Å². The van der Waals surface area contributed by atoms with Crippen molar-refractivity contribution in [1.82, 2.24) is 0 Å². The van der Waals surface area contributed by atoms with Gasteiger partial charge in [-0.1, -0.05) is 82.3 Å². The Kier molecular flexibility index (Phi) is 4.90. The van der Waals surface area contributed by atoms with E-state index in [0.717, 1.165) is 0 Å². The van der Waals surface area contributed by atoms with E-state index in [2.05, 4.69) is 96.1 Å². The second-order valence-corrected chi connectivity index (χ2v) is 6.95. The highest BCUT2D eigenvalue weighted by Crippen LogP contribution is 2.33. The summed E-state index contributed by atoms with van der Waals surface area (Å²) in [4.78, 5) is 0. The second-order valence-electron chi connectivity index (χ2n) is 6.95. The Morgan fingerprint density at radius 2 is 1.32 bits per heavy atom. The molecule has 2 rings (SSSR count). The predicted molar refractivity (Wildman–Crippen MR) is 98.4 cm³/mol. The molecular formula is C22H28. The van der Waals surface area contributed by atoms with Crippen molar-refractivity contribution in [2.45, 2.75) is 52.9 Å². The number of benzene rings is 2. The summed E-state index contributed by atoms with van der Waals surface area (Å²) in [6.45, 7) is 13.3. The van der Waals surface area contributed by atoms with Crippen molar-refractivity contribution in [3.8, 4) is 0 Å². The number of hydrogen-bond acceptors (Lipinski definition) is 0. The molecule has 2 aromatic carbocycles. The van der Waals surface area contributed by atoms with Gasteiger partial charge in [-0.05, 0) is 47.6 Å². The molecule has 2 aromatic rings. The highest BCUT2D eigenvalue weighted by molar-refractivity contribution is 5.63. The lowest BCUT2D eigenvalue weighted by atomic mass is 9.77. The molecular weight excluding hydrogens is 264 g/mol. The first-order chi connectivity index (χ1) is 10.4. The molecule has 0 amide bonds. The van der Waals surface area contributed by atoms with Crippen LogP contribution in [0.15, 0.2) is 54.6 Å². The molecule has 0 atom stereocenters. The van der Waals surface area contributed by atoms with E-state index in [4.69, 9.17) is 0 Å². The van der Waals surface area contributed by atoms with Gasteiger partial charge in [0.25, 0.3) is 0 Å². The van der Waals surface area contributed by atoms with Gasteiger partial charge in [-0.15, -0.1) is 0 Å². The average molecular weight is 292 g/mol. The van der Waals surface area contributed by atoms with Crippen LogP contribution >= 0.6 is 0 Å². The van der Waals surface area contributed by atoms with Crippen LogP contribution < -0.4 is 0 Å². The maximum absolute atomic E-state index is 2.30. The Balaban J connectivity index is 2.33. The van der Waals surface area contributed by atoms with Crippen LogP contribution in [-0.2, 0) is 5.41 Å². The molecule has 0 bridgehead atoms. The van der Waals surface area contributed by atoms with Gasteiger partial charge < -0.3 is 0 Å². The maximum Gasteiger partial charge on any atom is 0.0146 e. The van der Waals surface area contributed by atoms with Crippen molar-refractivity contribution in [2.75, 3.05) is 0 Å². The van der Waals surface area contributed by atoms with Crippen molar-refractivity contribution in [3.63, 3.8) is 0 Å². The standard InChI is InChI=1S/C22H28/c1-7-17(4)19-10-14-21(15-11-19)22(5,6)20-12-8-18(9-13-20)16(2)3/h7-16H,1-6H3. The molecule has 22 heavy (non-hydrogen) atoms. The van der Waals surface area contributed by atoms with Crippen molar-refractivity contribution in [1.29, 1.82) is 0 Å². The zero-order valence-corrected chi connectivity index (χ0v) is 14.8. The zero-order valence-electron chi connectivity index (χ0n) is 14.8. The fourth-order valence-corrected chi connectivity index (χ4v) is 2.77. The summed E-state index contributed by atoms with van der Waals surface area (Å²) >= 11 is 0. The lowest BCUT2D eigenvalue weighted by molar-refractivity contribution is 0.640. The lowest BCUT2D eigenvalue weighted by Gasteiger charge is -2.27. The van der Waals surface area contributed by atoms with Gasteiger partial charge in [0.05, 0.1) is 0 Å². The fraction of sp³-hybridized carbons (Fsp3) is 0.364. The van der Waals surface area contributed by atoms with Crippen molar-refractivity contribution >= 4 is 5.57 Å². The molecule has 0 aliphatic heterocycles. The molecule has 0 heteroatoms. The van der Waals surface area contributed by atoms with Gasteiger partial charge in [0, 0.05) is 5.41 Å². The molecule has 0 radical (unpaired) electrons. The third-order valence-corrected chi connectivity index (χ3v) is 4.79. The monoisotopic (exact) mass is 292 g/mol. The molecule has 116 valence electrons. The van der Waals surface area contributed by atoms with E-state index in [9.17, 15) is 0 Å². The van der Waals surface area contributed by atoms with E-state index in [-0.39, 0.29) is 5.41 Å². The van der Waals surface area contributed by atoms with Crippen molar-refractivity contribution in [2.24, 2.45) is 0 Å². The molecule has 0 fully saturated rings. The van der Waals surface area contributed by atoms with Crippen LogP contribution in [0.2, 0.25) is 0 Å². The van der Waals surface area contributed by atoms with Gasteiger partial charge in [0.15, 0.2) is 0 Å². The van der Waals surface area contributed by atoms with Crippen molar-refractivity contribution in [3.05, 3.63) is 76.9 Å². The van der Waals surface area contributed by atoms with Gasteiger partial charge in [-0.2, -0.15) is 0 Å². The van der Waals surface area contributed by atoms with Gasteiger partial charge >= 0.3 is 0 Å². The normalized spacial score (nSPS) is 12.8. The summed E-state index contributed by atoms with van der Waals surface area (Å²) < 4.78 is 0. The minimum Gasteiger partial charge on any atom is -0.0841 e. The Labute approximate surface area is 135 Å². The molecule has 0 aliphatic rings. The zero-order chi connectivity index (χ0) is 16.3. The van der Waals surface area contributed by atoms with E-state index < -0.39 is 0 Å². The van der Waals surface area contributed by atoms with Crippen LogP contribution in [0.3, 0.4) is 0 Å². The molecule has 0 saturated heterocycles. The summed E-state index contributed by atoms with van der Waals surface area (Å²) in [5, 5.41) is 0. The summed E-state index contributed by atoms with van der Waals surface area (Å²) in [7, 11) is 0. The van der Waals surface area contributed by atoms with Gasteiger partial charge in [0.2, 0.25) is 0 Å². The first kappa shape index (κ1) is 16.5. The number of rotatable bonds is 4. The lowest BCUT2D eigenvalue weighted by Crippen LogP contribution is -2.18. The minimum atomic E-state index is 0.0257. The summed E-state index contributed by atoms with van der Waals surface area (Å²) in [5.74, 6) is 0.584. The Morgan fingerprint density at radius 3 is 1.73 bits per heavy atom. The summed E-state index contributed by atoms with van der Waals surface area (Å²) in [6, 6.07) is 18.1. The first-order valence-corrected chi connectivity index (χ1v) is 8.20. The highest BCUT2D eigenvalue weighted by Gasteiger charge is 2.23. The van der Waals surface area contributed by atoms with Crippen molar-refractivity contribution < 1.29 is 0 Å². The molecule has 0 spiro atoms. The van der Waals surface area contributed by atoms with Crippen LogP contribution in [0.5, 0.6) is 0 Å². The third-order valence-electron chi connectivity index (χ3n) is 4.79. The van der Waals surface area contributed by atoms with E-state index in [0.29, 0.717) is 5.92 Å².